The fraction of sp³-hybridized carbons (Fsp3) is 0. The van der Waals surface area contributed by atoms with E-state index < -0.39 is 0 Å². The standard InChI is InChI=1S/C18H10N2O/c21-15-9-8-11-5-3-7-14-16(11)17(15)20-10-12-4-1-2-6-13(12)18(20)19-14/h1-10H. The lowest BCUT2D eigenvalue weighted by atomic mass is 10.1. The molecule has 0 fully saturated rings. The molecule has 3 heteroatoms. The van der Waals surface area contributed by atoms with E-state index in [0.717, 1.165) is 32.7 Å². The van der Waals surface area contributed by atoms with Gasteiger partial charge in [0, 0.05) is 22.4 Å². The Morgan fingerprint density at radius 1 is 0.857 bits per heavy atom. The molecule has 0 unspecified atom stereocenters. The Morgan fingerprint density at radius 2 is 1.71 bits per heavy atom. The highest BCUT2D eigenvalue weighted by atomic mass is 16.1. The van der Waals surface area contributed by atoms with Crippen molar-refractivity contribution in [2.45, 2.75) is 0 Å². The van der Waals surface area contributed by atoms with Gasteiger partial charge in [-0.15, -0.1) is 0 Å². The molecule has 0 saturated heterocycles. The Labute approximate surface area is 119 Å². The van der Waals surface area contributed by atoms with Crippen LogP contribution in [-0.2, 0) is 0 Å². The van der Waals surface area contributed by atoms with Crippen molar-refractivity contribution in [2.24, 2.45) is 0 Å². The summed E-state index contributed by atoms with van der Waals surface area (Å²) in [7, 11) is 0. The zero-order valence-electron chi connectivity index (χ0n) is 11.1. The molecule has 2 heterocycles. The Kier molecular flexibility index (Phi) is 1.84. The molecular formula is C18H10N2O. The fourth-order valence-corrected chi connectivity index (χ4v) is 3.20. The summed E-state index contributed by atoms with van der Waals surface area (Å²) in [5.41, 5.74) is 2.46. The molecule has 0 aliphatic carbocycles. The van der Waals surface area contributed by atoms with Crippen molar-refractivity contribution in [2.75, 3.05) is 0 Å². The van der Waals surface area contributed by atoms with Crippen LogP contribution in [0.3, 0.4) is 0 Å². The van der Waals surface area contributed by atoms with Gasteiger partial charge in [-0.2, -0.15) is 0 Å². The van der Waals surface area contributed by atoms with Crippen LogP contribution in [0.4, 0.5) is 0 Å². The van der Waals surface area contributed by atoms with Gasteiger partial charge in [-0.3, -0.25) is 9.20 Å². The minimum absolute atomic E-state index is 0.0337. The molecule has 3 nitrogen and oxygen atoms in total. The van der Waals surface area contributed by atoms with Gasteiger partial charge in [0.2, 0.25) is 5.43 Å². The second kappa shape index (κ2) is 3.58. The van der Waals surface area contributed by atoms with Crippen molar-refractivity contribution >= 4 is 38.2 Å². The minimum Gasteiger partial charge on any atom is -0.296 e. The van der Waals surface area contributed by atoms with Gasteiger partial charge in [0.05, 0.1) is 5.52 Å². The molecule has 0 atom stereocenters. The summed E-state index contributed by atoms with van der Waals surface area (Å²) in [6.45, 7) is 0. The van der Waals surface area contributed by atoms with Gasteiger partial charge in [-0.25, -0.2) is 4.98 Å². The van der Waals surface area contributed by atoms with E-state index in [1.807, 2.05) is 59.1 Å². The van der Waals surface area contributed by atoms with E-state index >= 15 is 0 Å². The van der Waals surface area contributed by atoms with Gasteiger partial charge in [0.1, 0.15) is 11.2 Å². The Bertz CT molecular complexity index is 1200. The van der Waals surface area contributed by atoms with Crippen LogP contribution in [0.5, 0.6) is 0 Å². The molecule has 0 saturated carbocycles. The maximum Gasteiger partial charge on any atom is 0.203 e. The monoisotopic (exact) mass is 270 g/mol. The van der Waals surface area contributed by atoms with E-state index in [-0.39, 0.29) is 5.43 Å². The third-order valence-corrected chi connectivity index (χ3v) is 4.12. The van der Waals surface area contributed by atoms with Crippen LogP contribution in [0.1, 0.15) is 0 Å². The van der Waals surface area contributed by atoms with Gasteiger partial charge in [0.15, 0.2) is 0 Å². The maximum atomic E-state index is 12.4. The van der Waals surface area contributed by atoms with E-state index in [1.165, 1.54) is 0 Å². The molecule has 0 N–H and O–H groups in total. The largest absolute Gasteiger partial charge is 0.296 e. The number of hydrogen-bond acceptors (Lipinski definition) is 2. The van der Waals surface area contributed by atoms with Crippen LogP contribution < -0.4 is 5.43 Å². The summed E-state index contributed by atoms with van der Waals surface area (Å²) in [5.74, 6) is 0. The molecule has 0 aliphatic rings. The second-order valence-electron chi connectivity index (χ2n) is 5.31. The molecule has 0 amide bonds. The lowest BCUT2D eigenvalue weighted by Gasteiger charge is -2.06. The Balaban J connectivity index is 2.24. The van der Waals surface area contributed by atoms with E-state index in [9.17, 15) is 4.79 Å². The van der Waals surface area contributed by atoms with Crippen molar-refractivity contribution in [1.29, 1.82) is 0 Å². The van der Waals surface area contributed by atoms with Crippen LogP contribution in [0, 0.1) is 0 Å². The van der Waals surface area contributed by atoms with Crippen LogP contribution in [0.15, 0.2) is 65.6 Å². The predicted octanol–water partition coefficient (Wildman–Crippen LogP) is 3.59. The summed E-state index contributed by atoms with van der Waals surface area (Å²) in [6.07, 6.45) is 2.00. The molecule has 98 valence electrons. The van der Waals surface area contributed by atoms with Crippen LogP contribution >= 0.6 is 0 Å². The SMILES string of the molecule is O=c1ccc2cccc3nc4c5ccccc5cn4c1c23. The smallest absolute Gasteiger partial charge is 0.203 e. The first kappa shape index (κ1) is 10.8. The summed E-state index contributed by atoms with van der Waals surface area (Å²) < 4.78 is 1.93. The first-order chi connectivity index (χ1) is 10.3. The highest BCUT2D eigenvalue weighted by Crippen LogP contribution is 2.28. The summed E-state index contributed by atoms with van der Waals surface area (Å²) in [4.78, 5) is 17.2. The van der Waals surface area contributed by atoms with Gasteiger partial charge >= 0.3 is 0 Å². The Hall–Kier alpha value is -2.94. The molecule has 3 aromatic carbocycles. The van der Waals surface area contributed by atoms with Crippen molar-refractivity contribution in [3.63, 3.8) is 0 Å². The summed E-state index contributed by atoms with van der Waals surface area (Å²) >= 11 is 0. The van der Waals surface area contributed by atoms with E-state index in [1.54, 1.807) is 6.07 Å². The van der Waals surface area contributed by atoms with Crippen molar-refractivity contribution in [3.05, 3.63) is 71.0 Å². The zero-order valence-corrected chi connectivity index (χ0v) is 11.1. The van der Waals surface area contributed by atoms with Gasteiger partial charge in [0.25, 0.3) is 0 Å². The number of aromatic nitrogens is 2. The predicted molar refractivity (Wildman–Crippen MR) is 85.2 cm³/mol. The number of benzene rings is 3. The average molecular weight is 270 g/mol. The first-order valence-electron chi connectivity index (χ1n) is 6.88. The molecule has 2 aromatic heterocycles. The minimum atomic E-state index is 0.0337. The summed E-state index contributed by atoms with van der Waals surface area (Å²) in [5, 5.41) is 4.16. The Morgan fingerprint density at radius 3 is 2.67 bits per heavy atom. The maximum absolute atomic E-state index is 12.4. The van der Waals surface area contributed by atoms with Crippen LogP contribution in [0.25, 0.3) is 38.2 Å². The molecule has 5 rings (SSSR count). The molecule has 21 heavy (non-hydrogen) atoms. The third kappa shape index (κ3) is 1.28. The second-order valence-corrected chi connectivity index (χ2v) is 5.31. The van der Waals surface area contributed by atoms with E-state index in [4.69, 9.17) is 4.98 Å². The van der Waals surface area contributed by atoms with Gasteiger partial charge in [-0.1, -0.05) is 42.5 Å². The van der Waals surface area contributed by atoms with Crippen molar-refractivity contribution in [3.8, 4) is 0 Å². The highest BCUT2D eigenvalue weighted by molar-refractivity contribution is 6.10. The van der Waals surface area contributed by atoms with Crippen LogP contribution in [-0.4, -0.2) is 9.38 Å². The van der Waals surface area contributed by atoms with Crippen LogP contribution in [0.2, 0.25) is 0 Å². The number of hydrogen-bond donors (Lipinski definition) is 0. The fourth-order valence-electron chi connectivity index (χ4n) is 3.20. The lowest BCUT2D eigenvalue weighted by Crippen LogP contribution is -2.06. The summed E-state index contributed by atoms with van der Waals surface area (Å²) in [6, 6.07) is 17.6. The molecule has 5 aromatic rings. The molecular weight excluding hydrogens is 260 g/mol. The highest BCUT2D eigenvalue weighted by Gasteiger charge is 2.13. The quantitative estimate of drug-likeness (QED) is 0.431. The normalized spacial score (nSPS) is 12.0. The third-order valence-electron chi connectivity index (χ3n) is 4.12. The lowest BCUT2D eigenvalue weighted by molar-refractivity contribution is 1.22. The van der Waals surface area contributed by atoms with Crippen molar-refractivity contribution < 1.29 is 0 Å². The topological polar surface area (TPSA) is 34.4 Å². The number of fused-ring (bicyclic) bond motifs is 4. The molecule has 0 aliphatic heterocycles. The van der Waals surface area contributed by atoms with E-state index in [2.05, 4.69) is 0 Å². The van der Waals surface area contributed by atoms with Gasteiger partial charge in [-0.05, 0) is 17.5 Å². The van der Waals surface area contributed by atoms with E-state index in [0.29, 0.717) is 5.52 Å². The molecule has 0 radical (unpaired) electrons. The molecule has 0 spiro atoms. The first-order valence-corrected chi connectivity index (χ1v) is 6.88. The number of rotatable bonds is 0. The van der Waals surface area contributed by atoms with Gasteiger partial charge < -0.3 is 0 Å². The zero-order chi connectivity index (χ0) is 14.0. The van der Waals surface area contributed by atoms with Crippen molar-refractivity contribution in [1.82, 2.24) is 9.38 Å². The number of nitrogens with zero attached hydrogens (tertiary/aromatic N) is 2. The molecule has 0 bridgehead atoms. The average Bonchev–Trinajstić information content (AvgIpc) is 2.88.